The Hall–Kier alpha value is -1.56. The van der Waals surface area contributed by atoms with Crippen LogP contribution in [0.5, 0.6) is 0 Å². The summed E-state index contributed by atoms with van der Waals surface area (Å²) in [6.45, 7) is 9.37. The molecule has 1 aromatic rings. The zero-order chi connectivity index (χ0) is 18.7. The number of ether oxygens (including phenoxy) is 1. The van der Waals surface area contributed by atoms with Crippen molar-refractivity contribution in [3.05, 3.63) is 17.5 Å². The molecule has 0 saturated carbocycles. The molecule has 2 aliphatic heterocycles. The van der Waals surface area contributed by atoms with Gasteiger partial charge in [-0.1, -0.05) is 11.6 Å². The van der Waals surface area contributed by atoms with E-state index in [9.17, 15) is 4.79 Å². The molecule has 0 spiro atoms. The highest BCUT2D eigenvalue weighted by Gasteiger charge is 2.32. The first kappa shape index (κ1) is 19.2. The van der Waals surface area contributed by atoms with Crippen molar-refractivity contribution >= 4 is 23.5 Å². The molecule has 6 nitrogen and oxygen atoms in total. The van der Waals surface area contributed by atoms with Gasteiger partial charge in [0.1, 0.15) is 16.6 Å². The van der Waals surface area contributed by atoms with Crippen molar-refractivity contribution in [1.29, 1.82) is 0 Å². The van der Waals surface area contributed by atoms with Crippen molar-refractivity contribution in [2.45, 2.75) is 52.1 Å². The van der Waals surface area contributed by atoms with E-state index in [1.165, 1.54) is 12.8 Å². The minimum Gasteiger partial charge on any atom is -0.444 e. The van der Waals surface area contributed by atoms with Crippen molar-refractivity contribution in [2.75, 3.05) is 31.1 Å². The average Bonchev–Trinajstić information content (AvgIpc) is 2.61. The number of nitrogens with zero attached hydrogens (tertiary/aromatic N) is 4. The predicted molar refractivity (Wildman–Crippen MR) is 103 cm³/mol. The summed E-state index contributed by atoms with van der Waals surface area (Å²) in [7, 11) is 0. The number of carbonyl (C=O) groups is 1. The van der Waals surface area contributed by atoms with Crippen molar-refractivity contribution < 1.29 is 9.53 Å². The van der Waals surface area contributed by atoms with Crippen LogP contribution in [0.15, 0.2) is 12.4 Å². The van der Waals surface area contributed by atoms with Crippen LogP contribution in [0.25, 0.3) is 0 Å². The van der Waals surface area contributed by atoms with Crippen LogP contribution in [0, 0.1) is 11.8 Å². The molecule has 0 unspecified atom stereocenters. The molecule has 0 radical (unpaired) electrons. The molecule has 0 aromatic carbocycles. The first-order valence-electron chi connectivity index (χ1n) is 9.52. The first-order chi connectivity index (χ1) is 12.3. The Labute approximate surface area is 160 Å². The highest BCUT2D eigenvalue weighted by atomic mass is 35.5. The van der Waals surface area contributed by atoms with Crippen LogP contribution < -0.4 is 4.90 Å². The summed E-state index contributed by atoms with van der Waals surface area (Å²) in [5.74, 6) is 2.34. The summed E-state index contributed by atoms with van der Waals surface area (Å²) in [4.78, 5) is 24.8. The van der Waals surface area contributed by atoms with Gasteiger partial charge in [-0.05, 0) is 58.3 Å². The smallest absolute Gasteiger partial charge is 0.410 e. The molecule has 0 aliphatic carbocycles. The topological polar surface area (TPSA) is 58.6 Å². The van der Waals surface area contributed by atoms with Gasteiger partial charge in [-0.3, -0.25) is 0 Å². The number of piperidine rings is 2. The Morgan fingerprint density at radius 2 is 1.62 bits per heavy atom. The van der Waals surface area contributed by atoms with Gasteiger partial charge >= 0.3 is 6.09 Å². The molecule has 0 bridgehead atoms. The number of likely N-dealkylation sites (tertiary alicyclic amines) is 1. The maximum absolute atomic E-state index is 12.2. The number of hydrogen-bond acceptors (Lipinski definition) is 5. The molecular formula is C19H29ClN4O2. The third-order valence-corrected chi connectivity index (χ3v) is 5.52. The molecule has 0 atom stereocenters. The van der Waals surface area contributed by atoms with Gasteiger partial charge in [-0.2, -0.15) is 0 Å². The van der Waals surface area contributed by atoms with Crippen LogP contribution in [0.3, 0.4) is 0 Å². The van der Waals surface area contributed by atoms with Gasteiger partial charge in [-0.15, -0.1) is 0 Å². The normalized spacial score (nSPS) is 20.3. The van der Waals surface area contributed by atoms with E-state index in [0.29, 0.717) is 11.1 Å². The zero-order valence-electron chi connectivity index (χ0n) is 15.9. The third-order valence-electron chi connectivity index (χ3n) is 5.33. The van der Waals surface area contributed by atoms with Crippen LogP contribution in [0.1, 0.15) is 46.5 Å². The quantitative estimate of drug-likeness (QED) is 0.776. The van der Waals surface area contributed by atoms with E-state index in [4.69, 9.17) is 16.3 Å². The molecule has 2 aliphatic rings. The maximum atomic E-state index is 12.2. The molecule has 1 aromatic heterocycles. The van der Waals surface area contributed by atoms with Gasteiger partial charge in [0, 0.05) is 26.2 Å². The summed E-state index contributed by atoms with van der Waals surface area (Å²) in [5, 5.41) is 0.431. The monoisotopic (exact) mass is 380 g/mol. The van der Waals surface area contributed by atoms with E-state index in [-0.39, 0.29) is 6.09 Å². The first-order valence-corrected chi connectivity index (χ1v) is 9.90. The highest BCUT2D eigenvalue weighted by molar-refractivity contribution is 6.29. The van der Waals surface area contributed by atoms with Crippen LogP contribution in [-0.2, 0) is 4.74 Å². The van der Waals surface area contributed by atoms with E-state index in [0.717, 1.165) is 50.8 Å². The number of halogens is 1. The van der Waals surface area contributed by atoms with Gasteiger partial charge in [-0.25, -0.2) is 14.8 Å². The Morgan fingerprint density at radius 3 is 2.12 bits per heavy atom. The number of anilines is 1. The van der Waals surface area contributed by atoms with Crippen molar-refractivity contribution in [2.24, 2.45) is 11.8 Å². The van der Waals surface area contributed by atoms with E-state index < -0.39 is 5.60 Å². The van der Waals surface area contributed by atoms with Gasteiger partial charge in [0.05, 0.1) is 12.4 Å². The molecule has 144 valence electrons. The van der Waals surface area contributed by atoms with Crippen molar-refractivity contribution in [3.63, 3.8) is 0 Å². The minimum absolute atomic E-state index is 0.174. The van der Waals surface area contributed by atoms with Gasteiger partial charge in [0.25, 0.3) is 0 Å². The summed E-state index contributed by atoms with van der Waals surface area (Å²) in [6.07, 6.45) is 7.67. The maximum Gasteiger partial charge on any atom is 0.410 e. The lowest BCUT2D eigenvalue weighted by Crippen LogP contribution is -2.44. The number of carbonyl (C=O) groups excluding carboxylic acids is 1. The third kappa shape index (κ3) is 5.00. The number of aromatic nitrogens is 2. The van der Waals surface area contributed by atoms with Crippen LogP contribution in [-0.4, -0.2) is 52.7 Å². The molecular weight excluding hydrogens is 352 g/mol. The Bertz CT molecular complexity index is 601. The number of rotatable bonds is 2. The Morgan fingerprint density at radius 1 is 1.04 bits per heavy atom. The fourth-order valence-corrected chi connectivity index (χ4v) is 4.05. The average molecular weight is 381 g/mol. The SMILES string of the molecule is CC(C)(C)OC(=O)N1CCC(C2CCN(c3cnc(Cl)cn3)CC2)CC1. The number of amides is 1. The Kier molecular flexibility index (Phi) is 5.90. The minimum atomic E-state index is -0.425. The summed E-state index contributed by atoms with van der Waals surface area (Å²) < 4.78 is 5.49. The van der Waals surface area contributed by atoms with Crippen LogP contribution >= 0.6 is 11.6 Å². The van der Waals surface area contributed by atoms with Gasteiger partial charge in [0.2, 0.25) is 0 Å². The Balaban J connectivity index is 1.45. The molecule has 1 amide bonds. The van der Waals surface area contributed by atoms with E-state index in [2.05, 4.69) is 14.9 Å². The van der Waals surface area contributed by atoms with Crippen molar-refractivity contribution in [1.82, 2.24) is 14.9 Å². The summed E-state index contributed by atoms with van der Waals surface area (Å²) in [6, 6.07) is 0. The zero-order valence-corrected chi connectivity index (χ0v) is 16.7. The summed E-state index contributed by atoms with van der Waals surface area (Å²) >= 11 is 5.82. The number of hydrogen-bond donors (Lipinski definition) is 0. The molecule has 0 N–H and O–H groups in total. The standard InChI is InChI=1S/C19H29ClN4O2/c1-19(2,3)26-18(25)24-10-6-15(7-11-24)14-4-8-23(9-5-14)17-13-21-16(20)12-22-17/h12-15H,4-11H2,1-3H3. The van der Waals surface area contributed by atoms with Crippen molar-refractivity contribution in [3.8, 4) is 0 Å². The predicted octanol–water partition coefficient (Wildman–Crippen LogP) is 3.99. The van der Waals surface area contributed by atoms with E-state index >= 15 is 0 Å². The molecule has 2 fully saturated rings. The fraction of sp³-hybridized carbons (Fsp3) is 0.737. The fourth-order valence-electron chi connectivity index (χ4n) is 3.95. The molecule has 3 rings (SSSR count). The van der Waals surface area contributed by atoms with Crippen LogP contribution in [0.2, 0.25) is 5.15 Å². The van der Waals surface area contributed by atoms with E-state index in [1.807, 2.05) is 25.7 Å². The lowest BCUT2D eigenvalue weighted by atomic mass is 9.79. The van der Waals surface area contributed by atoms with Gasteiger partial charge in [0.15, 0.2) is 0 Å². The molecule has 2 saturated heterocycles. The second kappa shape index (κ2) is 7.99. The lowest BCUT2D eigenvalue weighted by Gasteiger charge is -2.40. The lowest BCUT2D eigenvalue weighted by molar-refractivity contribution is 0.0152. The van der Waals surface area contributed by atoms with Crippen LogP contribution in [0.4, 0.5) is 10.6 Å². The second-order valence-corrected chi connectivity index (χ2v) is 8.71. The van der Waals surface area contributed by atoms with Gasteiger partial charge < -0.3 is 14.5 Å². The van der Waals surface area contributed by atoms with E-state index in [1.54, 1.807) is 12.4 Å². The summed E-state index contributed by atoms with van der Waals surface area (Å²) in [5.41, 5.74) is -0.425. The largest absolute Gasteiger partial charge is 0.444 e. The molecule has 3 heterocycles. The highest BCUT2D eigenvalue weighted by Crippen LogP contribution is 2.33. The molecule has 7 heteroatoms. The second-order valence-electron chi connectivity index (χ2n) is 8.33. The molecule has 26 heavy (non-hydrogen) atoms.